The number of pyridine rings is 3. The van der Waals surface area contributed by atoms with Gasteiger partial charge in [0.1, 0.15) is 11.8 Å². The quantitative estimate of drug-likeness (QED) is 0.111. The number of furan rings is 1. The number of aromatic nitrogens is 5. The summed E-state index contributed by atoms with van der Waals surface area (Å²) in [5, 5.41) is 15.2. The second kappa shape index (κ2) is 19.4. The number of imidazole rings is 1. The van der Waals surface area contributed by atoms with E-state index in [-0.39, 0.29) is 37.4 Å². The van der Waals surface area contributed by atoms with Crippen LogP contribution in [0, 0.1) is 35.8 Å². The number of rotatable bonds is 8. The molecule has 5 aromatic carbocycles. The van der Waals surface area contributed by atoms with Crippen LogP contribution in [0.2, 0.25) is 19.6 Å². The smallest absolute Gasteiger partial charge is 0.217 e. The van der Waals surface area contributed by atoms with Crippen LogP contribution in [-0.2, 0) is 26.5 Å². The molecule has 5 aromatic heterocycles. The van der Waals surface area contributed by atoms with Crippen LogP contribution in [0.15, 0.2) is 132 Å². The van der Waals surface area contributed by atoms with Crippen molar-refractivity contribution in [3.63, 3.8) is 0 Å². The molecule has 10 aromatic rings. The summed E-state index contributed by atoms with van der Waals surface area (Å²) in [6.45, 7) is 25.1. The first-order valence-electron chi connectivity index (χ1n) is 23.6. The standard InChI is InChI=1S/C41H32N5O.C19H26NSi.Ir/c1-23(2)34-20-29(28-14-13-26-9-6-7-10-27(26)19-28)21-35(24(3)4)38(34)46-37-25(5)43-18-17-36(37)45-40(46)33-12-8-11-31-32-16-15-30(22-42)44-41(32)47-39(31)33;1-19(2,3)13-16-12-17(15-10-8-7-9-11-15)20-14-18(16)21(4,5)6;/h6-11,13-21,23-24H,1-5H3;7-10,12,14H,13H2,1-6H3;/q2*-1;. The van der Waals surface area contributed by atoms with Crippen molar-refractivity contribution in [3.8, 4) is 45.5 Å². The number of hydrogen-bond donors (Lipinski definition) is 0. The first-order chi connectivity index (χ1) is 32.5. The van der Waals surface area contributed by atoms with Crippen LogP contribution in [-0.4, -0.2) is 32.6 Å². The maximum absolute atomic E-state index is 9.47. The first kappa shape index (κ1) is 48.9. The molecule has 7 nitrogen and oxygen atoms in total. The second-order valence-corrected chi connectivity index (χ2v) is 25.8. The van der Waals surface area contributed by atoms with E-state index in [0.29, 0.717) is 17.0 Å². The molecule has 0 aliphatic heterocycles. The van der Waals surface area contributed by atoms with Gasteiger partial charge in [-0.1, -0.05) is 127 Å². The topological polar surface area (TPSA) is 93.4 Å². The SMILES string of the molecule is CC(C)(C)Cc1cc(-c2[c-]cccc2)ncc1[Si](C)(C)C.Cc1nccc2nc(-c3[c-]ccc4c3oc3nc(C#N)ccc34)n(-c3c(C(C)C)cc(-c4ccc5ccccc5c4)cc3C(C)C)c12.[Ir]. The summed E-state index contributed by atoms with van der Waals surface area (Å²) in [7, 11) is -1.37. The fourth-order valence-corrected chi connectivity index (χ4v) is 10.9. The maximum atomic E-state index is 9.47. The molecule has 0 unspecified atom stereocenters. The van der Waals surface area contributed by atoms with Crippen LogP contribution in [0.4, 0.5) is 0 Å². The van der Waals surface area contributed by atoms with Gasteiger partial charge in [0, 0.05) is 43.6 Å². The molecule has 0 aliphatic carbocycles. The van der Waals surface area contributed by atoms with Crippen LogP contribution in [0.3, 0.4) is 0 Å². The van der Waals surface area contributed by atoms with Crippen LogP contribution in [0.5, 0.6) is 0 Å². The minimum absolute atomic E-state index is 0. The molecule has 0 amide bonds. The zero-order valence-electron chi connectivity index (χ0n) is 41.4. The van der Waals surface area contributed by atoms with Crippen molar-refractivity contribution in [1.82, 2.24) is 24.5 Å². The van der Waals surface area contributed by atoms with Gasteiger partial charge in [0.15, 0.2) is 0 Å². The van der Waals surface area contributed by atoms with Gasteiger partial charge in [-0.05, 0) is 111 Å². The Labute approximate surface area is 421 Å². The van der Waals surface area contributed by atoms with Crippen molar-refractivity contribution < 1.29 is 24.5 Å². The molecule has 9 heteroatoms. The van der Waals surface area contributed by atoms with Gasteiger partial charge < -0.3 is 14.0 Å². The van der Waals surface area contributed by atoms with E-state index in [2.05, 4.69) is 169 Å². The number of nitrogens with zero attached hydrogens (tertiary/aromatic N) is 6. The molecule has 0 saturated heterocycles. The van der Waals surface area contributed by atoms with E-state index in [1.165, 1.54) is 43.8 Å². The fourth-order valence-electron chi connectivity index (χ4n) is 9.36. The number of hydrogen-bond acceptors (Lipinski definition) is 6. The maximum Gasteiger partial charge on any atom is 0.217 e. The number of fused-ring (bicyclic) bond motifs is 5. The molecule has 0 fully saturated rings. The molecule has 5 heterocycles. The summed E-state index contributed by atoms with van der Waals surface area (Å²) in [5.41, 5.74) is 14.6. The molecule has 10 rings (SSSR count). The van der Waals surface area contributed by atoms with Crippen LogP contribution >= 0.6 is 0 Å². The van der Waals surface area contributed by atoms with E-state index in [4.69, 9.17) is 19.4 Å². The zero-order chi connectivity index (χ0) is 48.1. The first-order valence-corrected chi connectivity index (χ1v) is 27.1. The van der Waals surface area contributed by atoms with E-state index in [9.17, 15) is 5.26 Å². The number of aryl methyl sites for hydroxylation is 1. The van der Waals surface area contributed by atoms with Gasteiger partial charge in [0.25, 0.3) is 0 Å². The normalized spacial score (nSPS) is 11.9. The van der Waals surface area contributed by atoms with Crippen molar-refractivity contribution in [2.24, 2.45) is 5.41 Å². The Morgan fingerprint density at radius 1 is 0.754 bits per heavy atom. The predicted molar refractivity (Wildman–Crippen MR) is 283 cm³/mol. The second-order valence-electron chi connectivity index (χ2n) is 20.8. The summed E-state index contributed by atoms with van der Waals surface area (Å²) in [6.07, 6.45) is 5.02. The fraction of sp³-hybridized carbons (Fsp3) is 0.250. The summed E-state index contributed by atoms with van der Waals surface area (Å²) in [4.78, 5) is 19.1. The Morgan fingerprint density at radius 2 is 1.48 bits per heavy atom. The average Bonchev–Trinajstić information content (AvgIpc) is 3.89. The third kappa shape index (κ3) is 9.85. The monoisotopic (exact) mass is 1100 g/mol. The van der Waals surface area contributed by atoms with Gasteiger partial charge in [-0.25, -0.2) is 4.98 Å². The summed E-state index contributed by atoms with van der Waals surface area (Å²) in [6, 6.07) is 48.6. The average molecular weight is 1100 g/mol. The van der Waals surface area contributed by atoms with E-state index < -0.39 is 8.07 Å². The Morgan fingerprint density at radius 3 is 2.14 bits per heavy atom. The third-order valence-electron chi connectivity index (χ3n) is 12.6. The Balaban J connectivity index is 0.000000246. The number of benzene rings is 5. The largest absolute Gasteiger partial charge is 0.486 e. The molecule has 0 spiro atoms. The predicted octanol–water partition coefficient (Wildman–Crippen LogP) is 15.1. The minimum atomic E-state index is -1.37. The van der Waals surface area contributed by atoms with Crippen molar-refractivity contribution in [3.05, 3.63) is 168 Å². The van der Waals surface area contributed by atoms with Crippen molar-refractivity contribution >= 4 is 57.1 Å². The third-order valence-corrected chi connectivity index (χ3v) is 14.7. The Kier molecular flexibility index (Phi) is 13.8. The van der Waals surface area contributed by atoms with Crippen molar-refractivity contribution in [1.29, 1.82) is 5.26 Å². The van der Waals surface area contributed by atoms with Gasteiger partial charge in [-0.15, -0.1) is 54.1 Å². The van der Waals surface area contributed by atoms with Crippen LogP contribution in [0.1, 0.15) is 88.4 Å². The Hall–Kier alpha value is -6.56. The van der Waals surface area contributed by atoms with E-state index in [1.54, 1.807) is 6.07 Å². The minimum Gasteiger partial charge on any atom is -0.486 e. The van der Waals surface area contributed by atoms with Crippen LogP contribution in [0.25, 0.3) is 83.3 Å². The van der Waals surface area contributed by atoms with E-state index in [0.717, 1.165) is 62.3 Å². The van der Waals surface area contributed by atoms with Crippen molar-refractivity contribution in [2.45, 2.75) is 93.3 Å². The molecular weight excluding hydrogens is 1040 g/mol. The van der Waals surface area contributed by atoms with Gasteiger partial charge in [0.05, 0.1) is 36.2 Å². The zero-order valence-corrected chi connectivity index (χ0v) is 44.8. The molecule has 0 aliphatic rings. The van der Waals surface area contributed by atoms with Crippen LogP contribution < -0.4 is 5.19 Å². The summed E-state index contributed by atoms with van der Waals surface area (Å²) in [5.74, 6) is 1.15. The van der Waals surface area contributed by atoms with E-state index in [1.807, 2.05) is 55.6 Å². The molecule has 0 N–H and O–H groups in total. The molecule has 0 saturated carbocycles. The molecule has 1 radical (unpaired) electrons. The molecule has 69 heavy (non-hydrogen) atoms. The summed E-state index contributed by atoms with van der Waals surface area (Å²) < 4.78 is 8.68. The number of nitriles is 1. The molecule has 0 bridgehead atoms. The summed E-state index contributed by atoms with van der Waals surface area (Å²) >= 11 is 0. The Bertz CT molecular complexity index is 3520. The van der Waals surface area contributed by atoms with Gasteiger partial charge in [-0.2, -0.15) is 5.26 Å². The van der Waals surface area contributed by atoms with Gasteiger partial charge in [-0.3, -0.25) is 9.97 Å². The van der Waals surface area contributed by atoms with E-state index >= 15 is 0 Å². The molecular formula is C60H58IrN6OSi-2. The van der Waals surface area contributed by atoms with Gasteiger partial charge >= 0.3 is 0 Å². The molecule has 349 valence electrons. The van der Waals surface area contributed by atoms with Gasteiger partial charge in [0.2, 0.25) is 5.71 Å². The van der Waals surface area contributed by atoms with Crippen molar-refractivity contribution in [2.75, 3.05) is 0 Å². The molecule has 0 atom stereocenters.